The lowest BCUT2D eigenvalue weighted by Gasteiger charge is -2.26. The van der Waals surface area contributed by atoms with Gasteiger partial charge in [0.2, 0.25) is 10.0 Å². The van der Waals surface area contributed by atoms with E-state index >= 15 is 0 Å². The summed E-state index contributed by atoms with van der Waals surface area (Å²) < 4.78 is 32.6. The van der Waals surface area contributed by atoms with E-state index in [0.29, 0.717) is 30.0 Å². The highest BCUT2D eigenvalue weighted by Crippen LogP contribution is 2.30. The number of methoxy groups -OCH3 is 1. The summed E-state index contributed by atoms with van der Waals surface area (Å²) in [6, 6.07) is 12.7. The van der Waals surface area contributed by atoms with Crippen molar-refractivity contribution < 1.29 is 17.9 Å². The molecule has 0 saturated carbocycles. The number of anilines is 1. The molecule has 146 valence electrons. The monoisotopic (exact) mass is 399 g/mol. The Labute approximate surface area is 164 Å². The molecular weight excluding hydrogens is 378 g/mol. The first-order chi connectivity index (χ1) is 13.5. The molecule has 8 heteroatoms. The van der Waals surface area contributed by atoms with Crippen molar-refractivity contribution in [1.29, 1.82) is 5.26 Å². The molecule has 1 aliphatic rings. The summed E-state index contributed by atoms with van der Waals surface area (Å²) in [6.07, 6.45) is 2.71. The minimum absolute atomic E-state index is 0.108. The first-order valence-corrected chi connectivity index (χ1v) is 10.4. The van der Waals surface area contributed by atoms with Crippen LogP contribution in [0, 0.1) is 11.3 Å². The van der Waals surface area contributed by atoms with E-state index in [1.165, 1.54) is 35.7 Å². The van der Waals surface area contributed by atoms with Gasteiger partial charge in [0.25, 0.3) is 5.91 Å². The molecule has 1 N–H and O–H groups in total. The van der Waals surface area contributed by atoms with Gasteiger partial charge >= 0.3 is 0 Å². The molecule has 0 bridgehead atoms. The number of ether oxygens (including phenoxy) is 1. The van der Waals surface area contributed by atoms with Crippen molar-refractivity contribution in [3.8, 4) is 11.8 Å². The van der Waals surface area contributed by atoms with Crippen molar-refractivity contribution in [1.82, 2.24) is 4.31 Å². The van der Waals surface area contributed by atoms with Gasteiger partial charge in [0.05, 0.1) is 29.3 Å². The van der Waals surface area contributed by atoms with E-state index in [4.69, 9.17) is 10.00 Å². The van der Waals surface area contributed by atoms with Crippen molar-refractivity contribution in [2.75, 3.05) is 25.5 Å². The van der Waals surface area contributed by atoms with Crippen LogP contribution in [0.5, 0.6) is 5.75 Å². The fourth-order valence-corrected chi connectivity index (χ4v) is 4.67. The summed E-state index contributed by atoms with van der Waals surface area (Å²) in [6.45, 7) is 0.994. The van der Waals surface area contributed by atoms with Crippen molar-refractivity contribution in [2.45, 2.75) is 24.2 Å². The number of hydrogen-bond acceptors (Lipinski definition) is 5. The Morgan fingerprint density at radius 2 is 1.89 bits per heavy atom. The summed E-state index contributed by atoms with van der Waals surface area (Å²) in [7, 11) is -2.19. The van der Waals surface area contributed by atoms with Gasteiger partial charge in [-0.05, 0) is 49.2 Å². The second-order valence-electron chi connectivity index (χ2n) is 6.47. The Morgan fingerprint density at radius 1 is 1.14 bits per heavy atom. The van der Waals surface area contributed by atoms with E-state index in [9.17, 15) is 13.2 Å². The predicted octanol–water partition coefficient (Wildman–Crippen LogP) is 2.99. The Bertz CT molecular complexity index is 1020. The third kappa shape index (κ3) is 4.16. The molecule has 1 heterocycles. The lowest BCUT2D eigenvalue weighted by Crippen LogP contribution is -2.35. The van der Waals surface area contributed by atoms with Gasteiger partial charge in [-0.3, -0.25) is 4.79 Å². The maximum Gasteiger partial charge on any atom is 0.255 e. The van der Waals surface area contributed by atoms with Crippen molar-refractivity contribution >= 4 is 21.6 Å². The number of rotatable bonds is 5. The van der Waals surface area contributed by atoms with E-state index in [1.54, 1.807) is 18.2 Å². The number of hydrogen-bond donors (Lipinski definition) is 1. The van der Waals surface area contributed by atoms with Crippen LogP contribution in [0.25, 0.3) is 0 Å². The number of carbonyl (C=O) groups excluding carboxylic acids is 1. The zero-order chi connectivity index (χ0) is 20.1. The molecule has 28 heavy (non-hydrogen) atoms. The van der Waals surface area contributed by atoms with Crippen LogP contribution in [0.2, 0.25) is 0 Å². The number of carbonyl (C=O) groups is 1. The normalized spacial score (nSPS) is 14.9. The van der Waals surface area contributed by atoms with Crippen LogP contribution in [0.3, 0.4) is 0 Å². The van der Waals surface area contributed by atoms with Crippen LogP contribution < -0.4 is 10.1 Å². The number of nitrogens with zero attached hydrogens (tertiary/aromatic N) is 2. The molecule has 0 unspecified atom stereocenters. The fourth-order valence-electron chi connectivity index (χ4n) is 3.12. The van der Waals surface area contributed by atoms with Gasteiger partial charge in [-0.25, -0.2) is 8.42 Å². The average Bonchev–Trinajstić information content (AvgIpc) is 2.74. The van der Waals surface area contributed by atoms with E-state index in [2.05, 4.69) is 5.32 Å². The average molecular weight is 399 g/mol. The number of piperidine rings is 1. The molecular formula is C20H21N3O4S. The Hall–Kier alpha value is -2.89. The topological polar surface area (TPSA) is 99.5 Å². The lowest BCUT2D eigenvalue weighted by atomic mass is 10.1. The van der Waals surface area contributed by atoms with Crippen LogP contribution in [0.1, 0.15) is 35.2 Å². The molecule has 0 aromatic heterocycles. The number of benzene rings is 2. The highest BCUT2D eigenvalue weighted by atomic mass is 32.2. The van der Waals surface area contributed by atoms with Crippen molar-refractivity contribution in [2.24, 2.45) is 0 Å². The zero-order valence-electron chi connectivity index (χ0n) is 15.5. The van der Waals surface area contributed by atoms with Crippen LogP contribution in [0.4, 0.5) is 5.69 Å². The van der Waals surface area contributed by atoms with Gasteiger partial charge in [-0.2, -0.15) is 9.57 Å². The molecule has 0 atom stereocenters. The predicted molar refractivity (Wildman–Crippen MR) is 105 cm³/mol. The molecule has 2 aromatic carbocycles. The molecule has 1 fully saturated rings. The quantitative estimate of drug-likeness (QED) is 0.833. The molecule has 2 aromatic rings. The van der Waals surface area contributed by atoms with Crippen LogP contribution in [-0.4, -0.2) is 38.8 Å². The molecule has 1 saturated heterocycles. The Balaban J connectivity index is 1.91. The standard InChI is InChI=1S/C20H21N3O4S/c1-27-19-9-8-17(28(25,26)23-10-3-2-4-11-23)13-18(19)22-20(24)16-7-5-6-15(12-16)14-21/h5-9,12-13H,2-4,10-11H2,1H3,(H,22,24). The largest absolute Gasteiger partial charge is 0.495 e. The van der Waals surface area contributed by atoms with Crippen molar-refractivity contribution in [3.63, 3.8) is 0 Å². The Morgan fingerprint density at radius 3 is 2.57 bits per heavy atom. The molecule has 1 aliphatic heterocycles. The van der Waals surface area contributed by atoms with Gasteiger partial charge < -0.3 is 10.1 Å². The minimum atomic E-state index is -3.64. The van der Waals surface area contributed by atoms with Gasteiger partial charge in [-0.1, -0.05) is 12.5 Å². The molecule has 0 radical (unpaired) electrons. The third-order valence-electron chi connectivity index (χ3n) is 4.63. The number of nitrogens with one attached hydrogen (secondary N) is 1. The highest BCUT2D eigenvalue weighted by molar-refractivity contribution is 7.89. The zero-order valence-corrected chi connectivity index (χ0v) is 16.3. The van der Waals surface area contributed by atoms with Gasteiger partial charge in [0.15, 0.2) is 0 Å². The van der Waals surface area contributed by atoms with Crippen LogP contribution in [-0.2, 0) is 10.0 Å². The summed E-state index contributed by atoms with van der Waals surface area (Å²) in [5.41, 5.74) is 0.916. The van der Waals surface area contributed by atoms with E-state index in [-0.39, 0.29) is 10.6 Å². The second kappa shape index (κ2) is 8.42. The number of sulfonamides is 1. The molecule has 7 nitrogen and oxygen atoms in total. The van der Waals surface area contributed by atoms with E-state index < -0.39 is 15.9 Å². The first-order valence-electron chi connectivity index (χ1n) is 8.95. The lowest BCUT2D eigenvalue weighted by molar-refractivity contribution is 0.102. The van der Waals surface area contributed by atoms with E-state index in [0.717, 1.165) is 19.3 Å². The molecule has 3 rings (SSSR count). The smallest absolute Gasteiger partial charge is 0.255 e. The van der Waals surface area contributed by atoms with Crippen LogP contribution >= 0.6 is 0 Å². The Kier molecular flexibility index (Phi) is 5.97. The second-order valence-corrected chi connectivity index (χ2v) is 8.41. The molecule has 1 amide bonds. The minimum Gasteiger partial charge on any atom is -0.495 e. The fraction of sp³-hybridized carbons (Fsp3) is 0.300. The highest BCUT2D eigenvalue weighted by Gasteiger charge is 2.27. The van der Waals surface area contributed by atoms with Gasteiger partial charge in [0, 0.05) is 18.7 Å². The maximum absolute atomic E-state index is 12.9. The summed E-state index contributed by atoms with van der Waals surface area (Å²) in [5, 5.41) is 11.7. The van der Waals surface area contributed by atoms with E-state index in [1.807, 2.05) is 6.07 Å². The first kappa shape index (κ1) is 19.9. The molecule has 0 spiro atoms. The van der Waals surface area contributed by atoms with Crippen LogP contribution in [0.15, 0.2) is 47.4 Å². The maximum atomic E-state index is 12.9. The SMILES string of the molecule is COc1ccc(S(=O)(=O)N2CCCCC2)cc1NC(=O)c1cccc(C#N)c1. The number of amides is 1. The third-order valence-corrected chi connectivity index (χ3v) is 6.52. The summed E-state index contributed by atoms with van der Waals surface area (Å²) in [5.74, 6) is -0.106. The summed E-state index contributed by atoms with van der Waals surface area (Å²) >= 11 is 0. The van der Waals surface area contributed by atoms with Gasteiger partial charge in [0.1, 0.15) is 5.75 Å². The van der Waals surface area contributed by atoms with Crippen molar-refractivity contribution in [3.05, 3.63) is 53.6 Å². The molecule has 0 aliphatic carbocycles. The van der Waals surface area contributed by atoms with Gasteiger partial charge in [-0.15, -0.1) is 0 Å². The summed E-state index contributed by atoms with van der Waals surface area (Å²) in [4.78, 5) is 12.7. The number of nitriles is 1.